The Bertz CT molecular complexity index is 378. The molecule has 0 saturated carbocycles. The van der Waals surface area contributed by atoms with Gasteiger partial charge in [-0.15, -0.1) is 0 Å². The Morgan fingerprint density at radius 1 is 1.36 bits per heavy atom. The number of hydrogen-bond donors (Lipinski definition) is 1. The molecule has 1 atom stereocenters. The Morgan fingerprint density at radius 3 is 2.36 bits per heavy atom. The zero-order chi connectivity index (χ0) is 10.9. The molecule has 0 aliphatic heterocycles. The molecule has 7 heteroatoms. The molecule has 0 radical (unpaired) electrons. The fraction of sp³-hybridized carbons (Fsp3) is 0.143. The average molecular weight is 245 g/mol. The predicted molar refractivity (Wildman–Crippen MR) is 45.5 cm³/mol. The smallest absolute Gasteiger partial charge is 0.302 e. The molecule has 0 amide bonds. The summed E-state index contributed by atoms with van der Waals surface area (Å²) in [5.74, 6) is 0. The molecule has 0 aliphatic carbocycles. The van der Waals surface area contributed by atoms with Crippen molar-refractivity contribution in [3.63, 3.8) is 0 Å². The second-order valence-electron chi connectivity index (χ2n) is 2.36. The van der Waals surface area contributed by atoms with Crippen LogP contribution in [-0.4, -0.2) is 8.76 Å². The normalized spacial score (nSPS) is 14.1. The fourth-order valence-electron chi connectivity index (χ4n) is 0.865. The summed E-state index contributed by atoms with van der Waals surface area (Å²) in [6, 6.07) is 2.84. The van der Waals surface area contributed by atoms with E-state index in [1.807, 2.05) is 0 Å². The summed E-state index contributed by atoms with van der Waals surface area (Å²) < 4.78 is 55.9. The molecule has 0 spiro atoms. The maximum Gasteiger partial charge on any atom is 0.417 e. The van der Waals surface area contributed by atoms with Gasteiger partial charge in [0.05, 0.1) is 15.5 Å². The minimum atomic E-state index is -4.62. The highest BCUT2D eigenvalue weighted by Crippen LogP contribution is 2.36. The van der Waals surface area contributed by atoms with Crippen molar-refractivity contribution in [2.75, 3.05) is 0 Å². The summed E-state index contributed by atoms with van der Waals surface area (Å²) in [5, 5.41) is -0.735. The summed E-state index contributed by atoms with van der Waals surface area (Å²) in [4.78, 5) is -0.443. The molecule has 1 N–H and O–H groups in total. The standard InChI is InChI=1S/C7H4ClF3O2S/c8-6-4(7(9,10)11)2-1-3-5(6)14(12)13/h1-3H,(H,12,13). The second kappa shape index (κ2) is 3.88. The lowest BCUT2D eigenvalue weighted by molar-refractivity contribution is -0.137. The minimum Gasteiger partial charge on any atom is -0.302 e. The molecule has 0 bridgehead atoms. The molecule has 1 rings (SSSR count). The van der Waals surface area contributed by atoms with Crippen molar-refractivity contribution in [1.82, 2.24) is 0 Å². The van der Waals surface area contributed by atoms with Gasteiger partial charge in [-0.1, -0.05) is 17.7 Å². The van der Waals surface area contributed by atoms with E-state index < -0.39 is 32.7 Å². The molecule has 1 aromatic rings. The van der Waals surface area contributed by atoms with Crippen LogP contribution in [0.3, 0.4) is 0 Å². The average Bonchev–Trinajstić information content (AvgIpc) is 2.01. The van der Waals surface area contributed by atoms with Gasteiger partial charge in [-0.2, -0.15) is 13.2 Å². The number of benzene rings is 1. The Labute approximate surface area is 85.0 Å². The molecule has 1 aromatic carbocycles. The van der Waals surface area contributed by atoms with Crippen LogP contribution in [0.1, 0.15) is 5.56 Å². The van der Waals surface area contributed by atoms with Gasteiger partial charge >= 0.3 is 6.18 Å². The van der Waals surface area contributed by atoms with E-state index in [0.29, 0.717) is 0 Å². The highest BCUT2D eigenvalue weighted by molar-refractivity contribution is 7.79. The van der Waals surface area contributed by atoms with Gasteiger partial charge < -0.3 is 4.55 Å². The summed E-state index contributed by atoms with van der Waals surface area (Å²) >= 11 is 2.80. The van der Waals surface area contributed by atoms with E-state index in [1.165, 1.54) is 0 Å². The van der Waals surface area contributed by atoms with Crippen LogP contribution >= 0.6 is 11.6 Å². The van der Waals surface area contributed by atoms with E-state index in [1.54, 1.807) is 0 Å². The highest BCUT2D eigenvalue weighted by atomic mass is 35.5. The van der Waals surface area contributed by atoms with Gasteiger partial charge in [0.1, 0.15) is 0 Å². The van der Waals surface area contributed by atoms with Crippen molar-refractivity contribution in [2.45, 2.75) is 11.1 Å². The number of halogens is 4. The molecular weight excluding hydrogens is 241 g/mol. The predicted octanol–water partition coefficient (Wildman–Crippen LogP) is 2.94. The SMILES string of the molecule is O=S(O)c1cccc(C(F)(F)F)c1Cl. The molecular formula is C7H4ClF3O2S. The van der Waals surface area contributed by atoms with Crippen molar-refractivity contribution in [1.29, 1.82) is 0 Å². The molecule has 0 fully saturated rings. The summed E-state index contributed by atoms with van der Waals surface area (Å²) in [7, 11) is 0. The van der Waals surface area contributed by atoms with Gasteiger partial charge in [0.15, 0.2) is 11.1 Å². The first-order chi connectivity index (χ1) is 6.34. The molecule has 0 aromatic heterocycles. The lowest BCUT2D eigenvalue weighted by Gasteiger charge is -2.09. The third-order valence-electron chi connectivity index (χ3n) is 1.46. The molecule has 0 aliphatic rings. The van der Waals surface area contributed by atoms with E-state index >= 15 is 0 Å². The quantitative estimate of drug-likeness (QED) is 0.771. The van der Waals surface area contributed by atoms with Crippen molar-refractivity contribution in [2.24, 2.45) is 0 Å². The zero-order valence-electron chi connectivity index (χ0n) is 6.51. The third-order valence-corrected chi connectivity index (χ3v) is 2.69. The van der Waals surface area contributed by atoms with Crippen molar-refractivity contribution >= 4 is 22.7 Å². The lowest BCUT2D eigenvalue weighted by Crippen LogP contribution is -2.07. The third kappa shape index (κ3) is 2.26. The number of alkyl halides is 3. The van der Waals surface area contributed by atoms with Gasteiger partial charge in [-0.25, -0.2) is 4.21 Å². The summed E-state index contributed by atoms with van der Waals surface area (Å²) in [5.41, 5.74) is -1.11. The first kappa shape index (κ1) is 11.5. The van der Waals surface area contributed by atoms with Crippen molar-refractivity contribution in [3.05, 3.63) is 28.8 Å². The van der Waals surface area contributed by atoms with E-state index in [-0.39, 0.29) is 0 Å². The maximum atomic E-state index is 12.2. The Kier molecular flexibility index (Phi) is 3.18. The van der Waals surface area contributed by atoms with Crippen molar-refractivity contribution < 1.29 is 21.9 Å². The molecule has 0 heterocycles. The van der Waals surface area contributed by atoms with Gasteiger partial charge in [0.25, 0.3) is 0 Å². The maximum absolute atomic E-state index is 12.2. The first-order valence-corrected chi connectivity index (χ1v) is 4.79. The molecule has 14 heavy (non-hydrogen) atoms. The van der Waals surface area contributed by atoms with Crippen LogP contribution in [0.5, 0.6) is 0 Å². The molecule has 0 saturated heterocycles. The van der Waals surface area contributed by atoms with Crippen LogP contribution in [-0.2, 0) is 17.3 Å². The van der Waals surface area contributed by atoms with Crippen LogP contribution in [0.25, 0.3) is 0 Å². The Hall–Kier alpha value is -0.590. The largest absolute Gasteiger partial charge is 0.417 e. The molecule has 78 valence electrons. The fourth-order valence-corrected chi connectivity index (χ4v) is 1.75. The van der Waals surface area contributed by atoms with Crippen LogP contribution in [0.15, 0.2) is 23.1 Å². The van der Waals surface area contributed by atoms with E-state index in [9.17, 15) is 17.4 Å². The lowest BCUT2D eigenvalue weighted by atomic mass is 10.2. The van der Waals surface area contributed by atoms with E-state index in [4.69, 9.17) is 16.2 Å². The number of rotatable bonds is 1. The van der Waals surface area contributed by atoms with Gasteiger partial charge in [-0.3, -0.25) is 0 Å². The van der Waals surface area contributed by atoms with E-state index in [0.717, 1.165) is 18.2 Å². The van der Waals surface area contributed by atoms with Crippen LogP contribution < -0.4 is 0 Å². The van der Waals surface area contributed by atoms with Crippen molar-refractivity contribution in [3.8, 4) is 0 Å². The summed E-state index contributed by atoms with van der Waals surface area (Å²) in [6.45, 7) is 0. The second-order valence-corrected chi connectivity index (χ2v) is 3.68. The topological polar surface area (TPSA) is 37.3 Å². The van der Waals surface area contributed by atoms with E-state index in [2.05, 4.69) is 0 Å². The molecule has 1 unspecified atom stereocenters. The van der Waals surface area contributed by atoms with Crippen LogP contribution in [0, 0.1) is 0 Å². The van der Waals surface area contributed by atoms with Gasteiger partial charge in [-0.05, 0) is 12.1 Å². The first-order valence-electron chi connectivity index (χ1n) is 3.30. The van der Waals surface area contributed by atoms with Crippen LogP contribution in [0.2, 0.25) is 5.02 Å². The highest BCUT2D eigenvalue weighted by Gasteiger charge is 2.34. The Morgan fingerprint density at radius 2 is 1.93 bits per heavy atom. The van der Waals surface area contributed by atoms with Crippen LogP contribution in [0.4, 0.5) is 13.2 Å². The molecule has 2 nitrogen and oxygen atoms in total. The van der Waals surface area contributed by atoms with Gasteiger partial charge in [0, 0.05) is 0 Å². The van der Waals surface area contributed by atoms with Gasteiger partial charge in [0.2, 0.25) is 0 Å². The minimum absolute atomic E-state index is 0.443. The Balaban J connectivity index is 3.35. The number of hydrogen-bond acceptors (Lipinski definition) is 1. The summed E-state index contributed by atoms with van der Waals surface area (Å²) in [6.07, 6.45) is -4.62. The monoisotopic (exact) mass is 244 g/mol. The zero-order valence-corrected chi connectivity index (χ0v) is 8.08.